The molecule has 2 aliphatic heterocycles. The molecule has 8 heteroatoms. The van der Waals surface area contributed by atoms with Crippen LogP contribution in [0.4, 0.5) is 0 Å². The van der Waals surface area contributed by atoms with Crippen LogP contribution in [0, 0.1) is 24.7 Å². The average Bonchev–Trinajstić information content (AvgIpc) is 2.69. The van der Waals surface area contributed by atoms with Crippen molar-refractivity contribution < 1.29 is 19.1 Å². The molecule has 2 heterocycles. The van der Waals surface area contributed by atoms with E-state index in [2.05, 4.69) is 21.6 Å². The summed E-state index contributed by atoms with van der Waals surface area (Å²) >= 11 is 0. The van der Waals surface area contributed by atoms with Crippen LogP contribution in [-0.4, -0.2) is 73.2 Å². The fourth-order valence-corrected chi connectivity index (χ4v) is 3.59. The maximum absolute atomic E-state index is 12.2. The maximum Gasteiger partial charge on any atom is 0.307 e. The molecule has 2 fully saturated rings. The topological polar surface area (TPSA) is 59.1 Å². The van der Waals surface area contributed by atoms with E-state index in [-0.39, 0.29) is 49.6 Å². The molecule has 0 bridgehead atoms. The van der Waals surface area contributed by atoms with Crippen LogP contribution >= 0.6 is 24.8 Å². The largest absolute Gasteiger partial charge is 0.446 e. The maximum atomic E-state index is 12.2. The van der Waals surface area contributed by atoms with E-state index < -0.39 is 11.2 Å². The van der Waals surface area contributed by atoms with Crippen molar-refractivity contribution in [3.63, 3.8) is 0 Å². The van der Waals surface area contributed by atoms with E-state index in [9.17, 15) is 9.59 Å². The molecular weight excluding hydrogens is 427 g/mol. The summed E-state index contributed by atoms with van der Waals surface area (Å²) in [6.07, 6.45) is 15.5. The molecule has 6 nitrogen and oxygen atoms in total. The molecule has 0 aromatic carbocycles. The molecule has 2 rings (SSSR count). The zero-order valence-electron chi connectivity index (χ0n) is 18.0. The van der Waals surface area contributed by atoms with Gasteiger partial charge in [0.05, 0.1) is 0 Å². The lowest BCUT2D eigenvalue weighted by Crippen LogP contribution is -2.45. The second-order valence-corrected chi connectivity index (χ2v) is 8.04. The van der Waals surface area contributed by atoms with Gasteiger partial charge in [-0.15, -0.1) is 37.7 Å². The SMILES string of the molecule is C#CC1(OC(=O)CCCCC(=O)OC2(C#C)CCN(C)CC2)CCN(C)CC1.Cl.Cl. The van der Waals surface area contributed by atoms with Crippen molar-refractivity contribution in [3.05, 3.63) is 0 Å². The Labute approximate surface area is 193 Å². The molecule has 2 saturated heterocycles. The van der Waals surface area contributed by atoms with Crippen molar-refractivity contribution in [3.8, 4) is 24.7 Å². The number of unbranched alkanes of at least 4 members (excludes halogenated alkanes) is 1. The van der Waals surface area contributed by atoms with Crippen LogP contribution in [-0.2, 0) is 19.1 Å². The van der Waals surface area contributed by atoms with Gasteiger partial charge in [-0.1, -0.05) is 11.8 Å². The number of hydrogen-bond acceptors (Lipinski definition) is 6. The molecule has 0 atom stereocenters. The normalized spacial score (nSPS) is 20.4. The number of halogens is 2. The van der Waals surface area contributed by atoms with Crippen molar-refractivity contribution in [2.45, 2.75) is 62.6 Å². The van der Waals surface area contributed by atoms with Crippen LogP contribution in [0.25, 0.3) is 0 Å². The van der Waals surface area contributed by atoms with E-state index >= 15 is 0 Å². The first-order valence-corrected chi connectivity index (χ1v) is 10.1. The van der Waals surface area contributed by atoms with Crippen molar-refractivity contribution in [2.24, 2.45) is 0 Å². The number of nitrogens with zero attached hydrogens (tertiary/aromatic N) is 2. The van der Waals surface area contributed by atoms with Gasteiger partial charge in [-0.2, -0.15) is 0 Å². The highest BCUT2D eigenvalue weighted by Gasteiger charge is 2.36. The minimum atomic E-state index is -0.782. The van der Waals surface area contributed by atoms with E-state index in [4.69, 9.17) is 22.3 Å². The Morgan fingerprint density at radius 1 is 0.767 bits per heavy atom. The van der Waals surface area contributed by atoms with Gasteiger partial charge in [0.25, 0.3) is 0 Å². The molecular formula is C22H34Cl2N2O4. The number of ether oxygens (including phenoxy) is 2. The highest BCUT2D eigenvalue weighted by molar-refractivity contribution is 5.85. The number of piperidine rings is 2. The summed E-state index contributed by atoms with van der Waals surface area (Å²) in [5, 5.41) is 0. The molecule has 0 N–H and O–H groups in total. The Bertz CT molecular complexity index is 585. The summed E-state index contributed by atoms with van der Waals surface area (Å²) in [6.45, 7) is 3.26. The fraction of sp³-hybridized carbons (Fsp3) is 0.727. The third-order valence-corrected chi connectivity index (χ3v) is 5.75. The van der Waals surface area contributed by atoms with Crippen LogP contribution in [0.15, 0.2) is 0 Å². The molecule has 0 aliphatic carbocycles. The smallest absolute Gasteiger partial charge is 0.307 e. The molecule has 0 aromatic rings. The lowest BCUT2D eigenvalue weighted by molar-refractivity contribution is -0.160. The van der Waals surface area contributed by atoms with Gasteiger partial charge < -0.3 is 19.3 Å². The number of terminal acetylenes is 2. The van der Waals surface area contributed by atoms with Crippen LogP contribution in [0.3, 0.4) is 0 Å². The minimum absolute atomic E-state index is 0. The molecule has 0 aromatic heterocycles. The summed E-state index contributed by atoms with van der Waals surface area (Å²) in [5.41, 5.74) is -1.56. The zero-order valence-corrected chi connectivity index (χ0v) is 19.6. The van der Waals surface area contributed by atoms with Gasteiger partial charge in [0.15, 0.2) is 11.2 Å². The van der Waals surface area contributed by atoms with Gasteiger partial charge in [0.2, 0.25) is 0 Å². The monoisotopic (exact) mass is 460 g/mol. The first kappa shape index (κ1) is 28.6. The summed E-state index contributed by atoms with van der Waals surface area (Å²) in [6, 6.07) is 0. The first-order chi connectivity index (χ1) is 13.3. The summed E-state index contributed by atoms with van der Waals surface area (Å²) in [7, 11) is 4.05. The van der Waals surface area contributed by atoms with Gasteiger partial charge in [-0.25, -0.2) is 0 Å². The molecule has 0 unspecified atom stereocenters. The van der Waals surface area contributed by atoms with Crippen molar-refractivity contribution in [1.29, 1.82) is 0 Å². The summed E-state index contributed by atoms with van der Waals surface area (Å²) in [5.74, 6) is 4.74. The van der Waals surface area contributed by atoms with Gasteiger partial charge in [0.1, 0.15) is 0 Å². The van der Waals surface area contributed by atoms with Gasteiger partial charge in [0, 0.05) is 64.7 Å². The second-order valence-electron chi connectivity index (χ2n) is 8.04. The molecule has 30 heavy (non-hydrogen) atoms. The van der Waals surface area contributed by atoms with E-state index in [1.165, 1.54) is 0 Å². The Morgan fingerprint density at radius 2 is 1.07 bits per heavy atom. The molecule has 0 amide bonds. The Morgan fingerprint density at radius 3 is 1.33 bits per heavy atom. The Hall–Kier alpha value is -1.44. The highest BCUT2D eigenvalue weighted by atomic mass is 35.5. The fourth-order valence-electron chi connectivity index (χ4n) is 3.59. The first-order valence-electron chi connectivity index (χ1n) is 10.1. The Balaban J connectivity index is 0.00000420. The summed E-state index contributed by atoms with van der Waals surface area (Å²) in [4.78, 5) is 28.7. The lowest BCUT2D eigenvalue weighted by Gasteiger charge is -2.36. The molecule has 0 saturated carbocycles. The van der Waals surface area contributed by atoms with E-state index in [1.54, 1.807) is 0 Å². The Kier molecular flexibility index (Phi) is 12.4. The number of carbonyl (C=O) groups excluding carboxylic acids is 2. The molecule has 0 radical (unpaired) electrons. The average molecular weight is 461 g/mol. The quantitative estimate of drug-likeness (QED) is 0.330. The third-order valence-electron chi connectivity index (χ3n) is 5.75. The number of rotatable bonds is 7. The predicted molar refractivity (Wildman–Crippen MR) is 122 cm³/mol. The van der Waals surface area contributed by atoms with E-state index in [0.29, 0.717) is 38.5 Å². The van der Waals surface area contributed by atoms with Crippen LogP contribution in [0.5, 0.6) is 0 Å². The van der Waals surface area contributed by atoms with Crippen molar-refractivity contribution >= 4 is 36.8 Å². The van der Waals surface area contributed by atoms with Gasteiger partial charge in [-0.3, -0.25) is 9.59 Å². The number of likely N-dealkylation sites (tertiary alicyclic amines) is 2. The van der Waals surface area contributed by atoms with Gasteiger partial charge >= 0.3 is 11.9 Å². The molecule has 2 aliphatic rings. The van der Waals surface area contributed by atoms with Crippen LogP contribution < -0.4 is 0 Å². The summed E-state index contributed by atoms with van der Waals surface area (Å²) < 4.78 is 11.2. The highest BCUT2D eigenvalue weighted by Crippen LogP contribution is 2.27. The number of hydrogen-bond donors (Lipinski definition) is 0. The number of carbonyl (C=O) groups is 2. The van der Waals surface area contributed by atoms with Crippen molar-refractivity contribution in [1.82, 2.24) is 9.80 Å². The molecule has 170 valence electrons. The predicted octanol–water partition coefficient (Wildman–Crippen LogP) is 2.67. The minimum Gasteiger partial charge on any atom is -0.446 e. The third kappa shape index (κ3) is 8.36. The zero-order chi connectivity index (χ0) is 20.6. The molecule has 0 spiro atoms. The van der Waals surface area contributed by atoms with Crippen LogP contribution in [0.1, 0.15) is 51.4 Å². The van der Waals surface area contributed by atoms with Crippen LogP contribution in [0.2, 0.25) is 0 Å². The van der Waals surface area contributed by atoms with Crippen molar-refractivity contribution in [2.75, 3.05) is 40.3 Å². The standard InChI is InChI=1S/C22H32N2O4.2ClH/c1-5-21(11-15-23(3)16-12-21)27-19(25)9-7-8-10-20(26)28-22(6-2)13-17-24(4)18-14-22;;/h1-2H,7-18H2,3-4H3;2*1H. The number of esters is 2. The lowest BCUT2D eigenvalue weighted by atomic mass is 9.92. The van der Waals surface area contributed by atoms with E-state index in [1.807, 2.05) is 14.1 Å². The second kappa shape index (κ2) is 13.1. The van der Waals surface area contributed by atoms with Gasteiger partial charge in [-0.05, 0) is 26.9 Å². The van der Waals surface area contributed by atoms with E-state index in [0.717, 1.165) is 26.2 Å².